The average Bonchev–Trinajstić information content (AvgIpc) is 2.61. The highest BCUT2D eigenvalue weighted by atomic mass is 16.2. The number of amides is 3. The number of benzene rings is 1. The highest BCUT2D eigenvalue weighted by Crippen LogP contribution is 2.26. The van der Waals surface area contributed by atoms with Crippen LogP contribution in [0.25, 0.3) is 0 Å². The van der Waals surface area contributed by atoms with Crippen LogP contribution in [-0.4, -0.2) is 54.0 Å². The molecule has 0 saturated carbocycles. The van der Waals surface area contributed by atoms with Crippen LogP contribution in [0.3, 0.4) is 0 Å². The summed E-state index contributed by atoms with van der Waals surface area (Å²) >= 11 is 0. The van der Waals surface area contributed by atoms with Crippen molar-refractivity contribution < 1.29 is 9.59 Å². The van der Waals surface area contributed by atoms with Gasteiger partial charge in [-0.05, 0) is 49.6 Å². The van der Waals surface area contributed by atoms with E-state index in [0.717, 1.165) is 43.0 Å². The zero-order valence-corrected chi connectivity index (χ0v) is 13.9. The van der Waals surface area contributed by atoms with Crippen molar-refractivity contribution >= 4 is 23.3 Å². The van der Waals surface area contributed by atoms with E-state index in [1.807, 2.05) is 23.1 Å². The molecular weight excluding hydrogens is 304 g/mol. The van der Waals surface area contributed by atoms with Gasteiger partial charge in [-0.1, -0.05) is 6.42 Å². The van der Waals surface area contributed by atoms with Gasteiger partial charge in [-0.2, -0.15) is 0 Å². The summed E-state index contributed by atoms with van der Waals surface area (Å²) in [5, 5.41) is 5.89. The second-order valence-electron chi connectivity index (χ2n) is 6.98. The molecule has 3 heterocycles. The minimum absolute atomic E-state index is 0.0139. The Morgan fingerprint density at radius 1 is 1.17 bits per heavy atom. The lowest BCUT2D eigenvalue weighted by Gasteiger charge is -2.43. The number of aryl methyl sites for hydroxylation is 1. The van der Waals surface area contributed by atoms with E-state index in [-0.39, 0.29) is 11.9 Å². The Morgan fingerprint density at radius 2 is 2.08 bits per heavy atom. The fourth-order valence-corrected chi connectivity index (χ4v) is 4.00. The van der Waals surface area contributed by atoms with E-state index in [4.69, 9.17) is 0 Å². The number of hydrogen-bond donors (Lipinski definition) is 2. The van der Waals surface area contributed by atoms with Gasteiger partial charge in [0.05, 0.1) is 0 Å². The van der Waals surface area contributed by atoms with E-state index < -0.39 is 0 Å². The van der Waals surface area contributed by atoms with Crippen molar-refractivity contribution in [3.8, 4) is 0 Å². The van der Waals surface area contributed by atoms with Crippen LogP contribution in [0.15, 0.2) is 18.2 Å². The molecule has 2 saturated heterocycles. The Hall–Kier alpha value is -2.08. The highest BCUT2D eigenvalue weighted by molar-refractivity contribution is 5.95. The van der Waals surface area contributed by atoms with Crippen molar-refractivity contribution in [3.63, 3.8) is 0 Å². The average molecular weight is 328 g/mol. The van der Waals surface area contributed by atoms with Gasteiger partial charge in [-0.25, -0.2) is 4.79 Å². The maximum atomic E-state index is 12.6. The number of nitrogens with zero attached hydrogens (tertiary/aromatic N) is 2. The maximum absolute atomic E-state index is 12.6. The van der Waals surface area contributed by atoms with Crippen LogP contribution in [0.1, 0.15) is 31.2 Å². The summed E-state index contributed by atoms with van der Waals surface area (Å²) in [6, 6.07) is 6.22. The lowest BCUT2D eigenvalue weighted by Crippen LogP contribution is -2.56. The monoisotopic (exact) mass is 328 g/mol. The zero-order valence-electron chi connectivity index (χ0n) is 13.9. The first kappa shape index (κ1) is 15.4. The smallest absolute Gasteiger partial charge is 0.321 e. The molecule has 128 valence electrons. The lowest BCUT2D eigenvalue weighted by molar-refractivity contribution is -0.116. The standard InChI is InChI=1S/C18H24N4O2/c23-17-7-4-13-11-14(5-6-16(13)20-17)19-18(24)22-10-9-21-8-2-1-3-15(21)12-22/h5-6,11,15H,1-4,7-10,12H2,(H,19,24)(H,20,23). The third-order valence-electron chi connectivity index (χ3n) is 5.38. The summed E-state index contributed by atoms with van der Waals surface area (Å²) in [5.74, 6) is 0.0599. The number of carbonyl (C=O) groups is 2. The topological polar surface area (TPSA) is 64.7 Å². The van der Waals surface area contributed by atoms with Gasteiger partial charge < -0.3 is 15.5 Å². The normalized spacial score (nSPS) is 23.9. The van der Waals surface area contributed by atoms with E-state index in [2.05, 4.69) is 15.5 Å². The molecule has 3 aliphatic rings. The first-order valence-electron chi connectivity index (χ1n) is 8.92. The molecule has 24 heavy (non-hydrogen) atoms. The van der Waals surface area contributed by atoms with Crippen molar-refractivity contribution in [2.75, 3.05) is 36.8 Å². The highest BCUT2D eigenvalue weighted by Gasteiger charge is 2.31. The van der Waals surface area contributed by atoms with Gasteiger partial charge in [-0.3, -0.25) is 9.69 Å². The van der Waals surface area contributed by atoms with Gasteiger partial charge in [0.1, 0.15) is 0 Å². The van der Waals surface area contributed by atoms with Crippen molar-refractivity contribution in [1.29, 1.82) is 0 Å². The number of carbonyl (C=O) groups excluding carboxylic acids is 2. The van der Waals surface area contributed by atoms with Gasteiger partial charge in [0.25, 0.3) is 0 Å². The molecule has 3 aliphatic heterocycles. The largest absolute Gasteiger partial charge is 0.326 e. The third kappa shape index (κ3) is 3.11. The van der Waals surface area contributed by atoms with Crippen LogP contribution in [0, 0.1) is 0 Å². The number of urea groups is 1. The van der Waals surface area contributed by atoms with Gasteiger partial charge in [0.15, 0.2) is 0 Å². The lowest BCUT2D eigenvalue weighted by atomic mass is 10.00. The first-order valence-corrected chi connectivity index (χ1v) is 8.92. The fourth-order valence-electron chi connectivity index (χ4n) is 4.00. The molecule has 4 rings (SSSR count). The maximum Gasteiger partial charge on any atom is 0.321 e. The van der Waals surface area contributed by atoms with Crippen LogP contribution >= 0.6 is 0 Å². The molecule has 1 unspecified atom stereocenters. The number of nitrogens with one attached hydrogen (secondary N) is 2. The predicted molar refractivity (Wildman–Crippen MR) is 93.2 cm³/mol. The summed E-state index contributed by atoms with van der Waals surface area (Å²) < 4.78 is 0. The minimum atomic E-state index is -0.0139. The van der Waals surface area contributed by atoms with Crippen LogP contribution in [0.4, 0.5) is 16.2 Å². The van der Waals surface area contributed by atoms with Crippen molar-refractivity contribution in [2.45, 2.75) is 38.1 Å². The second kappa shape index (κ2) is 6.43. The molecule has 2 N–H and O–H groups in total. The summed E-state index contributed by atoms with van der Waals surface area (Å²) in [6.07, 6.45) is 4.99. The Labute approximate surface area is 142 Å². The molecule has 6 heteroatoms. The molecule has 0 bridgehead atoms. The van der Waals surface area contributed by atoms with Crippen LogP contribution in [-0.2, 0) is 11.2 Å². The molecule has 0 spiro atoms. The predicted octanol–water partition coefficient (Wildman–Crippen LogP) is 2.27. The molecule has 6 nitrogen and oxygen atoms in total. The Kier molecular flexibility index (Phi) is 4.14. The van der Waals surface area contributed by atoms with Gasteiger partial charge in [0.2, 0.25) is 5.91 Å². The van der Waals surface area contributed by atoms with Crippen molar-refractivity contribution in [3.05, 3.63) is 23.8 Å². The van der Waals surface area contributed by atoms with Crippen molar-refractivity contribution in [2.24, 2.45) is 0 Å². The summed E-state index contributed by atoms with van der Waals surface area (Å²) in [5.41, 5.74) is 2.76. The quantitative estimate of drug-likeness (QED) is 0.831. The van der Waals surface area contributed by atoms with Crippen LogP contribution in [0.5, 0.6) is 0 Å². The van der Waals surface area contributed by atoms with E-state index in [0.29, 0.717) is 12.5 Å². The number of fused-ring (bicyclic) bond motifs is 2. The van der Waals surface area contributed by atoms with Crippen LogP contribution in [0.2, 0.25) is 0 Å². The molecule has 1 aromatic rings. The van der Waals surface area contributed by atoms with E-state index in [1.54, 1.807) is 0 Å². The molecule has 2 fully saturated rings. The Morgan fingerprint density at radius 3 is 3.00 bits per heavy atom. The third-order valence-corrected chi connectivity index (χ3v) is 5.38. The summed E-state index contributed by atoms with van der Waals surface area (Å²) in [6.45, 7) is 3.78. The van der Waals surface area contributed by atoms with Gasteiger partial charge in [0, 0.05) is 43.5 Å². The molecule has 1 atom stereocenters. The second-order valence-corrected chi connectivity index (χ2v) is 6.98. The summed E-state index contributed by atoms with van der Waals surface area (Å²) in [4.78, 5) is 28.5. The molecule has 0 aromatic heterocycles. The number of anilines is 2. The molecule has 1 aromatic carbocycles. The molecular formula is C18H24N4O2. The van der Waals surface area contributed by atoms with E-state index in [9.17, 15) is 9.59 Å². The number of hydrogen-bond acceptors (Lipinski definition) is 3. The van der Waals surface area contributed by atoms with Gasteiger partial charge >= 0.3 is 6.03 Å². The molecule has 0 aliphatic carbocycles. The Balaban J connectivity index is 1.40. The van der Waals surface area contributed by atoms with E-state index >= 15 is 0 Å². The zero-order chi connectivity index (χ0) is 16.5. The van der Waals surface area contributed by atoms with Crippen molar-refractivity contribution in [1.82, 2.24) is 9.80 Å². The van der Waals surface area contributed by atoms with Crippen LogP contribution < -0.4 is 10.6 Å². The minimum Gasteiger partial charge on any atom is -0.326 e. The van der Waals surface area contributed by atoms with Gasteiger partial charge in [-0.15, -0.1) is 0 Å². The summed E-state index contributed by atoms with van der Waals surface area (Å²) in [7, 11) is 0. The van der Waals surface area contributed by atoms with E-state index in [1.165, 1.54) is 25.8 Å². The Bertz CT molecular complexity index is 660. The first-order chi connectivity index (χ1) is 11.7. The fraction of sp³-hybridized carbons (Fsp3) is 0.556. The molecule has 0 radical (unpaired) electrons. The number of piperazine rings is 1. The SMILES string of the molecule is O=C1CCc2cc(NC(=O)N3CCN4CCCCC4C3)ccc2N1. The molecule has 3 amide bonds. The number of rotatable bonds is 1. The number of piperidine rings is 1.